The molecule has 0 bridgehead atoms. The largest absolute Gasteiger partial charge is 0.356 e. The lowest BCUT2D eigenvalue weighted by molar-refractivity contribution is -0.120. The third kappa shape index (κ3) is 2.99. The van der Waals surface area contributed by atoms with Crippen molar-refractivity contribution in [1.82, 2.24) is 0 Å². The Hall–Kier alpha value is -0.0800. The fourth-order valence-electron chi connectivity index (χ4n) is 0.538. The fourth-order valence-corrected chi connectivity index (χ4v) is 0.538. The maximum atomic E-state index is 5.12. The summed E-state index contributed by atoms with van der Waals surface area (Å²) in [6, 6.07) is 0. The van der Waals surface area contributed by atoms with Crippen LogP contribution in [0, 0.1) is 0 Å². The van der Waals surface area contributed by atoms with Gasteiger partial charge in [-0.2, -0.15) is 0 Å². The summed E-state index contributed by atoms with van der Waals surface area (Å²) in [5.74, 6) is 0. The van der Waals surface area contributed by atoms with Crippen molar-refractivity contribution in [1.29, 1.82) is 0 Å². The molecule has 0 aromatic rings. The third-order valence-electron chi connectivity index (χ3n) is 0.949. The van der Waals surface area contributed by atoms with Crippen molar-refractivity contribution >= 4 is 0 Å². The van der Waals surface area contributed by atoms with Gasteiger partial charge in [0.15, 0.2) is 6.29 Å². The molecule has 0 aliphatic carbocycles. The second kappa shape index (κ2) is 5.06. The van der Waals surface area contributed by atoms with Gasteiger partial charge in [-0.1, -0.05) is 6.92 Å². The summed E-state index contributed by atoms with van der Waals surface area (Å²) < 4.78 is 10.0. The lowest BCUT2D eigenvalue weighted by atomic mass is 10.5. The highest BCUT2D eigenvalue weighted by Gasteiger charge is 1.99. The quantitative estimate of drug-likeness (QED) is 0.519. The molecule has 0 aliphatic rings. The molecule has 0 fully saturated rings. The average molecular weight is 118 g/mol. The van der Waals surface area contributed by atoms with Gasteiger partial charge in [-0.15, -0.1) is 0 Å². The summed E-state index contributed by atoms with van der Waals surface area (Å²) in [5, 5.41) is 0. The van der Waals surface area contributed by atoms with Crippen LogP contribution in [-0.4, -0.2) is 20.0 Å². The molecule has 0 radical (unpaired) electrons. The Morgan fingerprint density at radius 2 is 2.00 bits per heavy atom. The molecule has 1 unspecified atom stereocenters. The first-order valence-corrected chi connectivity index (χ1v) is 2.99. The molecule has 0 saturated heterocycles. The van der Waals surface area contributed by atoms with E-state index in [9.17, 15) is 0 Å². The monoisotopic (exact) mass is 118 g/mol. The van der Waals surface area contributed by atoms with E-state index < -0.39 is 0 Å². The van der Waals surface area contributed by atoms with E-state index in [4.69, 9.17) is 9.47 Å². The Bertz CT molecular complexity index is 41.8. The van der Waals surface area contributed by atoms with Crippen molar-refractivity contribution in [2.75, 3.05) is 13.7 Å². The highest BCUT2D eigenvalue weighted by molar-refractivity contribution is 4.34. The molecule has 0 aliphatic heterocycles. The number of ether oxygens (including phenoxy) is 2. The fraction of sp³-hybridized carbons (Fsp3) is 1.00. The standard InChI is InChI=1S/C6H14O2/c1-4-6(7-3)8-5-2/h6H,4-5H2,1-3H3. The molecule has 2 heteroatoms. The third-order valence-corrected chi connectivity index (χ3v) is 0.949. The summed E-state index contributed by atoms with van der Waals surface area (Å²) in [5.41, 5.74) is 0. The second-order valence-corrected chi connectivity index (χ2v) is 1.53. The Balaban J connectivity index is 3.07. The van der Waals surface area contributed by atoms with Gasteiger partial charge >= 0.3 is 0 Å². The topological polar surface area (TPSA) is 18.5 Å². The van der Waals surface area contributed by atoms with Gasteiger partial charge in [0.05, 0.1) is 0 Å². The van der Waals surface area contributed by atoms with Crippen LogP contribution in [0.1, 0.15) is 20.3 Å². The first-order chi connectivity index (χ1) is 3.85. The van der Waals surface area contributed by atoms with Crippen LogP contribution >= 0.6 is 0 Å². The maximum absolute atomic E-state index is 5.12. The van der Waals surface area contributed by atoms with Crippen LogP contribution in [-0.2, 0) is 9.47 Å². The first kappa shape index (κ1) is 7.92. The zero-order valence-electron chi connectivity index (χ0n) is 5.81. The van der Waals surface area contributed by atoms with Crippen molar-refractivity contribution in [3.05, 3.63) is 0 Å². The van der Waals surface area contributed by atoms with Gasteiger partial charge < -0.3 is 9.47 Å². The number of methoxy groups -OCH3 is 1. The van der Waals surface area contributed by atoms with Crippen molar-refractivity contribution < 1.29 is 9.47 Å². The Morgan fingerprint density at radius 3 is 2.12 bits per heavy atom. The van der Waals surface area contributed by atoms with Crippen LogP contribution in [0.2, 0.25) is 0 Å². The minimum Gasteiger partial charge on any atom is -0.356 e. The van der Waals surface area contributed by atoms with Gasteiger partial charge in [0.25, 0.3) is 0 Å². The van der Waals surface area contributed by atoms with E-state index in [0.717, 1.165) is 13.0 Å². The summed E-state index contributed by atoms with van der Waals surface area (Å²) in [6.45, 7) is 4.72. The summed E-state index contributed by atoms with van der Waals surface area (Å²) in [6.07, 6.45) is 0.921. The normalized spacial score (nSPS) is 13.9. The van der Waals surface area contributed by atoms with Gasteiger partial charge in [-0.05, 0) is 13.3 Å². The molecule has 0 aromatic carbocycles. The van der Waals surface area contributed by atoms with Crippen LogP contribution in [0.4, 0.5) is 0 Å². The van der Waals surface area contributed by atoms with Gasteiger partial charge in [0.2, 0.25) is 0 Å². The van der Waals surface area contributed by atoms with E-state index in [1.165, 1.54) is 0 Å². The lowest BCUT2D eigenvalue weighted by Crippen LogP contribution is -2.12. The van der Waals surface area contributed by atoms with Crippen LogP contribution in [0.15, 0.2) is 0 Å². The molecule has 0 rings (SSSR count). The van der Waals surface area contributed by atoms with Crippen LogP contribution in [0.5, 0.6) is 0 Å². The van der Waals surface area contributed by atoms with E-state index >= 15 is 0 Å². The van der Waals surface area contributed by atoms with E-state index in [0.29, 0.717) is 0 Å². The number of rotatable bonds is 4. The molecule has 0 amide bonds. The second-order valence-electron chi connectivity index (χ2n) is 1.53. The molecule has 0 saturated carbocycles. The molecule has 8 heavy (non-hydrogen) atoms. The van der Waals surface area contributed by atoms with E-state index in [2.05, 4.69) is 0 Å². The molecule has 0 heterocycles. The summed E-state index contributed by atoms with van der Waals surface area (Å²) in [7, 11) is 1.66. The predicted molar refractivity (Wildman–Crippen MR) is 32.7 cm³/mol. The lowest BCUT2D eigenvalue weighted by Gasteiger charge is -2.11. The average Bonchev–Trinajstić information content (AvgIpc) is 1.83. The Kier molecular flexibility index (Phi) is 5.01. The highest BCUT2D eigenvalue weighted by Crippen LogP contribution is 1.96. The van der Waals surface area contributed by atoms with Gasteiger partial charge in [-0.25, -0.2) is 0 Å². The zero-order chi connectivity index (χ0) is 6.41. The van der Waals surface area contributed by atoms with Crippen LogP contribution in [0.3, 0.4) is 0 Å². The molecule has 1 atom stereocenters. The van der Waals surface area contributed by atoms with Crippen LogP contribution in [0.25, 0.3) is 0 Å². The predicted octanol–water partition coefficient (Wildman–Crippen LogP) is 1.41. The molecular weight excluding hydrogens is 104 g/mol. The zero-order valence-corrected chi connectivity index (χ0v) is 5.81. The number of hydrogen-bond acceptors (Lipinski definition) is 2. The molecular formula is C6H14O2. The van der Waals surface area contributed by atoms with E-state index in [1.54, 1.807) is 7.11 Å². The van der Waals surface area contributed by atoms with E-state index in [1.807, 2.05) is 13.8 Å². The summed E-state index contributed by atoms with van der Waals surface area (Å²) in [4.78, 5) is 0. The van der Waals surface area contributed by atoms with Crippen molar-refractivity contribution in [3.8, 4) is 0 Å². The first-order valence-electron chi connectivity index (χ1n) is 2.99. The molecule has 0 spiro atoms. The Morgan fingerprint density at radius 1 is 1.38 bits per heavy atom. The van der Waals surface area contributed by atoms with E-state index in [-0.39, 0.29) is 6.29 Å². The Labute approximate surface area is 50.8 Å². The molecule has 2 nitrogen and oxygen atoms in total. The molecule has 0 N–H and O–H groups in total. The minimum atomic E-state index is -0.000000000000000444. The highest BCUT2D eigenvalue weighted by atomic mass is 16.7. The van der Waals surface area contributed by atoms with Crippen molar-refractivity contribution in [2.24, 2.45) is 0 Å². The minimum absolute atomic E-state index is 0.000000000000000444. The smallest absolute Gasteiger partial charge is 0.156 e. The maximum Gasteiger partial charge on any atom is 0.156 e. The van der Waals surface area contributed by atoms with Crippen LogP contribution < -0.4 is 0 Å². The number of hydrogen-bond donors (Lipinski definition) is 0. The summed E-state index contributed by atoms with van der Waals surface area (Å²) >= 11 is 0. The van der Waals surface area contributed by atoms with Crippen molar-refractivity contribution in [3.63, 3.8) is 0 Å². The van der Waals surface area contributed by atoms with Gasteiger partial charge in [-0.3, -0.25) is 0 Å². The van der Waals surface area contributed by atoms with Crippen molar-refractivity contribution in [2.45, 2.75) is 26.6 Å². The van der Waals surface area contributed by atoms with Gasteiger partial charge in [0, 0.05) is 13.7 Å². The molecule has 50 valence electrons. The molecule has 0 aromatic heterocycles. The van der Waals surface area contributed by atoms with Gasteiger partial charge in [0.1, 0.15) is 0 Å². The SMILES string of the molecule is CCOC(CC)OC.